The third kappa shape index (κ3) is 5.93. The number of hydrogen-bond donors (Lipinski definition) is 1. The zero-order valence-corrected chi connectivity index (χ0v) is 17.6. The van der Waals surface area contributed by atoms with Gasteiger partial charge in [0.05, 0.1) is 18.4 Å². The van der Waals surface area contributed by atoms with E-state index >= 15 is 0 Å². The number of hydrazone groups is 1. The first-order valence-corrected chi connectivity index (χ1v) is 9.98. The molecule has 148 valence electrons. The van der Waals surface area contributed by atoms with E-state index in [9.17, 15) is 4.79 Å². The number of carbonyl (C=O) groups excluding carboxylic acids is 1. The lowest BCUT2D eigenvalue weighted by Crippen LogP contribution is -2.18. The molecule has 0 bridgehead atoms. The average Bonchev–Trinajstić information content (AvgIpc) is 2.74. The van der Waals surface area contributed by atoms with E-state index in [-0.39, 0.29) is 5.91 Å². The summed E-state index contributed by atoms with van der Waals surface area (Å²) in [6.07, 6.45) is 1.57. The molecule has 0 spiro atoms. The molecule has 1 amide bonds. The number of nitrogens with zero attached hydrogens (tertiary/aromatic N) is 1. The van der Waals surface area contributed by atoms with Gasteiger partial charge in [0.25, 0.3) is 5.91 Å². The van der Waals surface area contributed by atoms with Gasteiger partial charge in [-0.2, -0.15) is 5.10 Å². The van der Waals surface area contributed by atoms with Crippen molar-refractivity contribution in [3.05, 3.63) is 94.0 Å². The maximum atomic E-state index is 12.2. The highest BCUT2D eigenvalue weighted by atomic mass is 79.9. The van der Waals surface area contributed by atoms with Crippen LogP contribution in [0.2, 0.25) is 0 Å². The molecule has 0 aliphatic heterocycles. The smallest absolute Gasteiger partial charge is 0.272 e. The second-order valence-corrected chi connectivity index (χ2v) is 6.95. The van der Waals surface area contributed by atoms with E-state index in [4.69, 9.17) is 9.47 Å². The number of benzene rings is 3. The zero-order valence-electron chi connectivity index (χ0n) is 16.0. The van der Waals surface area contributed by atoms with Crippen LogP contribution in [0.5, 0.6) is 11.5 Å². The molecule has 0 unspecified atom stereocenters. The molecule has 0 aliphatic carbocycles. The first-order chi connectivity index (χ1) is 14.2. The van der Waals surface area contributed by atoms with Gasteiger partial charge in [-0.3, -0.25) is 4.79 Å². The minimum atomic E-state index is -0.290. The molecule has 29 heavy (non-hydrogen) atoms. The fraction of sp³-hybridized carbons (Fsp3) is 0.130. The summed E-state index contributed by atoms with van der Waals surface area (Å²) in [7, 11) is 0. The van der Waals surface area contributed by atoms with Crippen LogP contribution in [0, 0.1) is 0 Å². The summed E-state index contributed by atoms with van der Waals surface area (Å²) in [6.45, 7) is 2.89. The van der Waals surface area contributed by atoms with E-state index in [1.54, 1.807) is 24.4 Å². The molecule has 0 atom stereocenters. The molecular weight excluding hydrogens is 432 g/mol. The Hall–Kier alpha value is -3.12. The van der Waals surface area contributed by atoms with Gasteiger partial charge in [0.15, 0.2) is 11.5 Å². The molecule has 0 heterocycles. The molecular formula is C23H21BrN2O3. The van der Waals surface area contributed by atoms with Crippen molar-refractivity contribution < 1.29 is 14.3 Å². The highest BCUT2D eigenvalue weighted by molar-refractivity contribution is 9.10. The molecule has 0 saturated heterocycles. The van der Waals surface area contributed by atoms with Crippen molar-refractivity contribution in [1.82, 2.24) is 5.43 Å². The Bertz CT molecular complexity index is 990. The standard InChI is InChI=1S/C23H21BrN2O3/c1-2-28-22-14-18(12-13-21(22)29-16-17-8-4-3-5-9-17)15-25-26-23(27)19-10-6-7-11-20(19)24/h3-15H,2,16H2,1H3,(H,26,27). The number of nitrogens with one attached hydrogen (secondary N) is 1. The van der Waals surface area contributed by atoms with Gasteiger partial charge in [0, 0.05) is 4.47 Å². The maximum Gasteiger partial charge on any atom is 0.272 e. The molecule has 0 aliphatic rings. The van der Waals surface area contributed by atoms with Crippen LogP contribution in [0.4, 0.5) is 0 Å². The molecule has 0 saturated carbocycles. The summed E-state index contributed by atoms with van der Waals surface area (Å²) >= 11 is 3.36. The number of halogens is 1. The van der Waals surface area contributed by atoms with Crippen molar-refractivity contribution in [3.8, 4) is 11.5 Å². The fourth-order valence-electron chi connectivity index (χ4n) is 2.60. The van der Waals surface area contributed by atoms with Crippen LogP contribution >= 0.6 is 15.9 Å². The van der Waals surface area contributed by atoms with Crippen molar-refractivity contribution in [2.24, 2.45) is 5.10 Å². The van der Waals surface area contributed by atoms with Gasteiger partial charge in [-0.15, -0.1) is 0 Å². The van der Waals surface area contributed by atoms with Crippen LogP contribution in [0.3, 0.4) is 0 Å². The third-order valence-corrected chi connectivity index (χ3v) is 4.69. The van der Waals surface area contributed by atoms with Gasteiger partial charge >= 0.3 is 0 Å². The summed E-state index contributed by atoms with van der Waals surface area (Å²) in [5.74, 6) is 0.996. The summed E-state index contributed by atoms with van der Waals surface area (Å²) in [6, 6.07) is 22.6. The molecule has 3 aromatic carbocycles. The Labute approximate surface area is 178 Å². The number of rotatable bonds is 8. The largest absolute Gasteiger partial charge is 0.490 e. The minimum Gasteiger partial charge on any atom is -0.490 e. The van der Waals surface area contributed by atoms with Crippen LogP contribution in [0.25, 0.3) is 0 Å². The van der Waals surface area contributed by atoms with Crippen molar-refractivity contribution in [1.29, 1.82) is 0 Å². The predicted octanol–water partition coefficient (Wildman–Crippen LogP) is 5.19. The van der Waals surface area contributed by atoms with Crippen LogP contribution in [0.1, 0.15) is 28.4 Å². The molecule has 3 rings (SSSR count). The van der Waals surface area contributed by atoms with Crippen LogP contribution in [-0.4, -0.2) is 18.7 Å². The van der Waals surface area contributed by atoms with E-state index in [0.717, 1.165) is 11.1 Å². The highest BCUT2D eigenvalue weighted by Crippen LogP contribution is 2.29. The second kappa shape index (κ2) is 10.4. The normalized spacial score (nSPS) is 10.7. The summed E-state index contributed by atoms with van der Waals surface area (Å²) in [4.78, 5) is 12.2. The van der Waals surface area contributed by atoms with Crippen LogP contribution in [-0.2, 0) is 6.61 Å². The summed E-state index contributed by atoms with van der Waals surface area (Å²) in [5, 5.41) is 4.04. The first kappa shape index (κ1) is 20.6. The van der Waals surface area contributed by atoms with Gasteiger partial charge in [-0.1, -0.05) is 42.5 Å². The summed E-state index contributed by atoms with van der Waals surface area (Å²) < 4.78 is 12.3. The van der Waals surface area contributed by atoms with Gasteiger partial charge in [0.1, 0.15) is 6.61 Å². The molecule has 0 fully saturated rings. The zero-order chi connectivity index (χ0) is 20.5. The number of hydrogen-bond acceptors (Lipinski definition) is 4. The van der Waals surface area contributed by atoms with Crippen molar-refractivity contribution in [2.75, 3.05) is 6.61 Å². The van der Waals surface area contributed by atoms with Gasteiger partial charge < -0.3 is 9.47 Å². The van der Waals surface area contributed by atoms with E-state index in [1.165, 1.54) is 0 Å². The predicted molar refractivity (Wildman–Crippen MR) is 118 cm³/mol. The van der Waals surface area contributed by atoms with Crippen LogP contribution < -0.4 is 14.9 Å². The summed E-state index contributed by atoms with van der Waals surface area (Å²) in [5.41, 5.74) is 4.91. The van der Waals surface area contributed by atoms with Gasteiger partial charge in [0.2, 0.25) is 0 Å². The number of carbonyl (C=O) groups is 1. The van der Waals surface area contributed by atoms with Gasteiger partial charge in [-0.05, 0) is 64.3 Å². The van der Waals surface area contributed by atoms with E-state index in [1.807, 2.05) is 61.5 Å². The SMILES string of the molecule is CCOc1cc(C=NNC(=O)c2ccccc2Br)ccc1OCc1ccccc1. The lowest BCUT2D eigenvalue weighted by molar-refractivity contribution is 0.0954. The molecule has 6 heteroatoms. The van der Waals surface area contributed by atoms with Crippen molar-refractivity contribution in [3.63, 3.8) is 0 Å². The maximum absolute atomic E-state index is 12.2. The first-order valence-electron chi connectivity index (χ1n) is 9.19. The van der Waals surface area contributed by atoms with Crippen molar-refractivity contribution in [2.45, 2.75) is 13.5 Å². The minimum absolute atomic E-state index is 0.290. The number of ether oxygens (including phenoxy) is 2. The number of amides is 1. The third-order valence-electron chi connectivity index (χ3n) is 4.00. The quantitative estimate of drug-likeness (QED) is 0.377. The van der Waals surface area contributed by atoms with E-state index in [0.29, 0.717) is 34.7 Å². The van der Waals surface area contributed by atoms with Gasteiger partial charge in [-0.25, -0.2) is 5.43 Å². The Morgan fingerprint density at radius 2 is 1.76 bits per heavy atom. The Morgan fingerprint density at radius 1 is 1.00 bits per heavy atom. The Morgan fingerprint density at radius 3 is 2.52 bits per heavy atom. The Balaban J connectivity index is 1.66. The lowest BCUT2D eigenvalue weighted by Gasteiger charge is -2.12. The van der Waals surface area contributed by atoms with E-state index < -0.39 is 0 Å². The van der Waals surface area contributed by atoms with E-state index in [2.05, 4.69) is 26.5 Å². The topological polar surface area (TPSA) is 59.9 Å². The molecule has 5 nitrogen and oxygen atoms in total. The molecule has 3 aromatic rings. The second-order valence-electron chi connectivity index (χ2n) is 6.09. The van der Waals surface area contributed by atoms with Crippen molar-refractivity contribution >= 4 is 28.1 Å². The molecule has 0 aromatic heterocycles. The lowest BCUT2D eigenvalue weighted by atomic mass is 10.2. The average molecular weight is 453 g/mol. The Kier molecular flexibility index (Phi) is 7.41. The molecule has 0 radical (unpaired) electrons. The monoisotopic (exact) mass is 452 g/mol. The van der Waals surface area contributed by atoms with Crippen LogP contribution in [0.15, 0.2) is 82.4 Å². The fourth-order valence-corrected chi connectivity index (χ4v) is 3.06. The highest BCUT2D eigenvalue weighted by Gasteiger charge is 2.09. The molecule has 1 N–H and O–H groups in total.